The summed E-state index contributed by atoms with van der Waals surface area (Å²) in [6.07, 6.45) is -8.56. The number of aliphatic carboxylic acids is 1. The number of carboxylic acids is 1. The maximum Gasteiger partial charge on any atom is 0.404 e. The molecule has 16 nitrogen and oxygen atoms in total. The molecule has 0 radical (unpaired) electrons. The predicted molar refractivity (Wildman–Crippen MR) is 100 cm³/mol. The van der Waals surface area contributed by atoms with Gasteiger partial charge in [0.1, 0.15) is 24.9 Å². The molecule has 1 aromatic heterocycles. The van der Waals surface area contributed by atoms with Crippen LogP contribution in [0, 0.1) is 0 Å². The van der Waals surface area contributed by atoms with E-state index in [1.807, 2.05) is 5.32 Å². The normalized spacial score (nSPS) is 25.5. The molecule has 1 aliphatic heterocycles. The van der Waals surface area contributed by atoms with Crippen LogP contribution in [-0.2, 0) is 19.1 Å². The van der Waals surface area contributed by atoms with Gasteiger partial charge in [0, 0.05) is 12.6 Å². The summed E-state index contributed by atoms with van der Waals surface area (Å²) >= 11 is 0. The average molecular weight is 461 g/mol. The number of imidazole rings is 1. The summed E-state index contributed by atoms with van der Waals surface area (Å²) in [6, 6.07) is -3.37. The molecule has 2 rings (SSSR count). The summed E-state index contributed by atoms with van der Waals surface area (Å²) < 4.78 is 10.4. The Morgan fingerprint density at radius 1 is 1.34 bits per heavy atom. The van der Waals surface area contributed by atoms with Crippen LogP contribution < -0.4 is 22.5 Å². The third-order valence-corrected chi connectivity index (χ3v) is 4.61. The molecule has 1 aromatic rings. The van der Waals surface area contributed by atoms with Crippen molar-refractivity contribution >= 4 is 24.3 Å². The first-order chi connectivity index (χ1) is 15.0. The highest BCUT2D eigenvalue weighted by Crippen LogP contribution is 2.30. The van der Waals surface area contributed by atoms with E-state index in [1.54, 1.807) is 0 Å². The van der Waals surface area contributed by atoms with Crippen LogP contribution in [0.25, 0.3) is 0 Å². The average Bonchev–Trinajstić information content (AvgIpc) is 3.23. The number of hydrogen-bond acceptors (Lipinski definition) is 11. The van der Waals surface area contributed by atoms with Crippen LogP contribution in [0.5, 0.6) is 0 Å². The highest BCUT2D eigenvalue weighted by molar-refractivity contribution is 5.87. The first kappa shape index (κ1) is 25.0. The Hall–Kier alpha value is -3.31. The van der Waals surface area contributed by atoms with Crippen molar-refractivity contribution in [2.75, 3.05) is 6.61 Å². The molecule has 0 saturated carbocycles. The fraction of sp³-hybridized carbons (Fsp3) is 0.562. The number of aromatic amines is 1. The van der Waals surface area contributed by atoms with E-state index in [1.165, 1.54) is 0 Å². The Labute approximate surface area is 178 Å². The molecular weight excluding hydrogens is 438 g/mol. The van der Waals surface area contributed by atoms with Crippen LogP contribution >= 0.6 is 0 Å². The predicted octanol–water partition coefficient (Wildman–Crippen LogP) is -4.65. The minimum absolute atomic E-state index is 0.156. The second-order valence-electron chi connectivity index (χ2n) is 6.96. The summed E-state index contributed by atoms with van der Waals surface area (Å²) in [4.78, 5) is 59.4. The molecule has 2 heterocycles. The van der Waals surface area contributed by atoms with E-state index < -0.39 is 79.4 Å². The van der Waals surface area contributed by atoms with Gasteiger partial charge >= 0.3 is 17.8 Å². The minimum Gasteiger partial charge on any atom is -0.480 e. The molecule has 0 aliphatic carbocycles. The highest BCUT2D eigenvalue weighted by Gasteiger charge is 2.50. The molecule has 7 atom stereocenters. The lowest BCUT2D eigenvalue weighted by Gasteiger charge is -2.25. The third-order valence-electron chi connectivity index (χ3n) is 4.61. The number of rotatable bonds is 10. The molecule has 0 aromatic carbocycles. The molecule has 7 unspecified atom stereocenters. The molecule has 0 spiro atoms. The molecule has 2 amide bonds. The molecule has 1 fully saturated rings. The van der Waals surface area contributed by atoms with Gasteiger partial charge in [0.25, 0.3) is 0 Å². The number of nitrogens with two attached hydrogens (primary N) is 2. The fourth-order valence-corrected chi connectivity index (χ4v) is 3.06. The number of nitrogens with one attached hydrogen (secondary N) is 2. The monoisotopic (exact) mass is 461 g/mol. The molecule has 1 saturated heterocycles. The van der Waals surface area contributed by atoms with Gasteiger partial charge in [-0.25, -0.2) is 14.4 Å². The summed E-state index contributed by atoms with van der Waals surface area (Å²) in [5.74, 6) is -2.72. The lowest BCUT2D eigenvalue weighted by Crippen LogP contribution is -2.56. The Morgan fingerprint density at radius 3 is 2.53 bits per heavy atom. The highest BCUT2D eigenvalue weighted by atomic mass is 16.6. The van der Waals surface area contributed by atoms with Crippen molar-refractivity contribution in [2.45, 2.75) is 49.1 Å². The van der Waals surface area contributed by atoms with Crippen molar-refractivity contribution in [1.29, 1.82) is 0 Å². The van der Waals surface area contributed by atoms with Gasteiger partial charge in [-0.05, 0) is 0 Å². The number of aldehydes is 1. The van der Waals surface area contributed by atoms with Crippen LogP contribution in [0.1, 0.15) is 23.1 Å². The summed E-state index contributed by atoms with van der Waals surface area (Å²) in [5, 5.41) is 41.7. The number of carbonyl (C=O) groups is 4. The van der Waals surface area contributed by atoms with E-state index in [0.29, 0.717) is 6.29 Å². The van der Waals surface area contributed by atoms with Crippen LogP contribution in [0.15, 0.2) is 11.0 Å². The van der Waals surface area contributed by atoms with Crippen molar-refractivity contribution in [3.8, 4) is 0 Å². The van der Waals surface area contributed by atoms with E-state index in [2.05, 4.69) is 9.72 Å². The number of H-pyrrole nitrogens is 1. The van der Waals surface area contributed by atoms with E-state index in [-0.39, 0.29) is 5.69 Å². The number of amides is 2. The smallest absolute Gasteiger partial charge is 0.404 e. The van der Waals surface area contributed by atoms with Crippen LogP contribution in [0.4, 0.5) is 4.79 Å². The lowest BCUT2D eigenvalue weighted by atomic mass is 10.0. The van der Waals surface area contributed by atoms with Crippen LogP contribution in [0.2, 0.25) is 0 Å². The third kappa shape index (κ3) is 5.68. The quantitative estimate of drug-likeness (QED) is 0.153. The molecule has 178 valence electrons. The number of ether oxygens (including phenoxy) is 2. The Morgan fingerprint density at radius 2 is 2.00 bits per heavy atom. The molecule has 32 heavy (non-hydrogen) atoms. The summed E-state index contributed by atoms with van der Waals surface area (Å²) in [7, 11) is 0. The minimum atomic E-state index is -1.91. The number of hydrogen-bond donors (Lipinski definition) is 8. The molecule has 0 bridgehead atoms. The van der Waals surface area contributed by atoms with E-state index >= 15 is 0 Å². The van der Waals surface area contributed by atoms with Crippen molar-refractivity contribution in [1.82, 2.24) is 14.9 Å². The molecule has 1 aliphatic rings. The second kappa shape index (κ2) is 10.3. The Bertz CT molecular complexity index is 914. The number of carbonyl (C=O) groups excluding carboxylic acids is 3. The number of carboxylic acid groups (broad SMARTS) is 1. The van der Waals surface area contributed by atoms with E-state index in [9.17, 15) is 44.4 Å². The molecule has 10 N–H and O–H groups in total. The first-order valence-electron chi connectivity index (χ1n) is 9.13. The second-order valence-corrected chi connectivity index (χ2v) is 6.96. The molecule has 16 heteroatoms. The number of aliphatic hydroxyl groups is 3. The van der Waals surface area contributed by atoms with Gasteiger partial charge < -0.3 is 51.7 Å². The van der Waals surface area contributed by atoms with Gasteiger partial charge in [-0.3, -0.25) is 14.2 Å². The van der Waals surface area contributed by atoms with Crippen LogP contribution in [0.3, 0.4) is 0 Å². The maximum absolute atomic E-state index is 12.3. The van der Waals surface area contributed by atoms with Gasteiger partial charge in [-0.2, -0.15) is 0 Å². The standard InChI is InChI=1S/C16H23N5O11/c17-7(1-6(23)4-31-15(18)29)12(26)20-8(14(27)28)11-9(24)10(25)13(32-11)21-2-5(3-22)19-16(21)30/h2-3,6-11,13,23-25H,1,4,17H2,(H2,18,29)(H,19,30)(H,20,26)(H,27,28). The van der Waals surface area contributed by atoms with Crippen LogP contribution in [-0.4, -0.2) is 97.3 Å². The topological polar surface area (TPSA) is 270 Å². The lowest BCUT2D eigenvalue weighted by molar-refractivity contribution is -0.149. The molecular formula is C16H23N5O11. The summed E-state index contributed by atoms with van der Waals surface area (Å²) in [5.41, 5.74) is 9.35. The fourth-order valence-electron chi connectivity index (χ4n) is 3.06. The van der Waals surface area contributed by atoms with E-state index in [4.69, 9.17) is 16.2 Å². The van der Waals surface area contributed by atoms with Crippen molar-refractivity contribution in [3.63, 3.8) is 0 Å². The summed E-state index contributed by atoms with van der Waals surface area (Å²) in [6.45, 7) is -0.550. The van der Waals surface area contributed by atoms with Gasteiger partial charge in [0.2, 0.25) is 5.91 Å². The van der Waals surface area contributed by atoms with Gasteiger partial charge in [0.05, 0.1) is 17.8 Å². The maximum atomic E-state index is 12.3. The van der Waals surface area contributed by atoms with Gasteiger partial charge in [-0.1, -0.05) is 0 Å². The Kier molecular flexibility index (Phi) is 8.06. The number of aliphatic hydroxyl groups excluding tert-OH is 3. The largest absolute Gasteiger partial charge is 0.480 e. The van der Waals surface area contributed by atoms with Crippen molar-refractivity contribution < 1.29 is 49.1 Å². The van der Waals surface area contributed by atoms with Gasteiger partial charge in [-0.15, -0.1) is 0 Å². The van der Waals surface area contributed by atoms with Gasteiger partial charge in [0.15, 0.2) is 18.6 Å². The zero-order valence-electron chi connectivity index (χ0n) is 16.4. The first-order valence-corrected chi connectivity index (χ1v) is 9.13. The zero-order valence-corrected chi connectivity index (χ0v) is 16.4. The van der Waals surface area contributed by atoms with Crippen molar-refractivity contribution in [3.05, 3.63) is 22.4 Å². The van der Waals surface area contributed by atoms with Crippen molar-refractivity contribution in [2.24, 2.45) is 11.5 Å². The Balaban J connectivity index is 2.10. The number of nitrogens with zero attached hydrogens (tertiary/aromatic N) is 1. The number of primary amides is 1. The SMILES string of the molecule is NC(=O)OCC(O)CC(N)C(=O)NC(C(=O)O)C1OC(n2cc(C=O)[nH]c2=O)C(O)C1O. The number of aromatic nitrogens is 2. The van der Waals surface area contributed by atoms with E-state index in [0.717, 1.165) is 10.8 Å². The zero-order chi connectivity index (χ0) is 24.2.